The fourth-order valence-electron chi connectivity index (χ4n) is 4.13. The van der Waals surface area contributed by atoms with Crippen molar-refractivity contribution in [2.24, 2.45) is 0 Å². The molecule has 0 radical (unpaired) electrons. The Balaban J connectivity index is 1.47. The molecule has 2 fully saturated rings. The summed E-state index contributed by atoms with van der Waals surface area (Å²) >= 11 is 0. The number of hydrogen-bond donors (Lipinski definition) is 7. The minimum atomic E-state index is -3.04. The molecule has 2 aromatic heterocycles. The minimum Gasteiger partial charge on any atom is -0.401 e. The maximum atomic E-state index is 13.6. The number of rotatable bonds is 6. The van der Waals surface area contributed by atoms with Crippen LogP contribution in [0.2, 0.25) is 0 Å². The van der Waals surface area contributed by atoms with Crippen molar-refractivity contribution in [3.8, 4) is 0 Å². The first-order valence-electron chi connectivity index (χ1n) is 11.2. The number of aromatic amines is 2. The summed E-state index contributed by atoms with van der Waals surface area (Å²) in [6.45, 7) is 0.281. The predicted molar refractivity (Wildman–Crippen MR) is 117 cm³/mol. The molecule has 8 atom stereocenters. The highest BCUT2D eigenvalue weighted by Gasteiger charge is 2.60. The lowest BCUT2D eigenvalue weighted by Gasteiger charge is -2.30. The van der Waals surface area contributed by atoms with Gasteiger partial charge in [-0.05, 0) is 6.92 Å². The molecule has 0 spiro atoms. The Hall–Kier alpha value is -3.72. The van der Waals surface area contributed by atoms with Crippen molar-refractivity contribution < 1.29 is 53.7 Å². The third kappa shape index (κ3) is 5.15. The van der Waals surface area contributed by atoms with Crippen molar-refractivity contribution >= 4 is 6.16 Å². The molecule has 4 unspecified atom stereocenters. The van der Waals surface area contributed by atoms with Gasteiger partial charge in [0.25, 0.3) is 16.9 Å². The summed E-state index contributed by atoms with van der Waals surface area (Å²) in [7, 11) is 0. The molecule has 214 valence electrons. The SMILES string of the molecule is Cc1cn([C@@H]2O[C@H](CO)C(O)(OC(=O)OC(O)[C@@H]3O[C@H](n4cc(F)c(=O)[nH]c4=O)CC3O)C2O)c(=O)[nH]c1=O. The number of aromatic nitrogens is 4. The molecular weight excluding hydrogens is 539 g/mol. The number of aliphatic hydroxyl groups excluding tert-OH is 4. The second-order valence-electron chi connectivity index (χ2n) is 8.74. The van der Waals surface area contributed by atoms with Crippen molar-refractivity contribution in [3.63, 3.8) is 0 Å². The zero-order valence-electron chi connectivity index (χ0n) is 19.8. The Morgan fingerprint density at radius 1 is 1.15 bits per heavy atom. The summed E-state index contributed by atoms with van der Waals surface area (Å²) in [6.07, 6.45) is -13.6. The van der Waals surface area contributed by atoms with Crippen molar-refractivity contribution in [2.75, 3.05) is 6.61 Å². The summed E-state index contributed by atoms with van der Waals surface area (Å²) in [5, 5.41) is 51.5. The van der Waals surface area contributed by atoms with Gasteiger partial charge >= 0.3 is 17.5 Å². The largest absolute Gasteiger partial charge is 0.513 e. The van der Waals surface area contributed by atoms with Crippen LogP contribution >= 0.6 is 0 Å². The Morgan fingerprint density at radius 3 is 2.46 bits per heavy atom. The monoisotopic (exact) mass is 562 g/mol. The van der Waals surface area contributed by atoms with E-state index in [1.165, 1.54) is 6.92 Å². The van der Waals surface area contributed by atoms with Gasteiger partial charge in [0.15, 0.2) is 18.4 Å². The number of ether oxygens (including phenoxy) is 4. The number of aliphatic hydroxyl groups is 5. The average molecular weight is 562 g/mol. The fraction of sp³-hybridized carbons (Fsp3) is 0.550. The van der Waals surface area contributed by atoms with Crippen LogP contribution in [-0.4, -0.2) is 93.9 Å². The van der Waals surface area contributed by atoms with Crippen molar-refractivity contribution in [1.29, 1.82) is 0 Å². The first kappa shape index (κ1) is 28.3. The molecule has 7 N–H and O–H groups in total. The molecule has 2 aliphatic heterocycles. The highest BCUT2D eigenvalue weighted by atomic mass is 19.1. The van der Waals surface area contributed by atoms with E-state index in [1.54, 1.807) is 4.98 Å². The van der Waals surface area contributed by atoms with Gasteiger partial charge in [0.05, 0.1) is 18.9 Å². The quantitative estimate of drug-likeness (QED) is 0.129. The van der Waals surface area contributed by atoms with E-state index in [0.29, 0.717) is 15.3 Å². The summed E-state index contributed by atoms with van der Waals surface area (Å²) in [4.78, 5) is 62.9. The lowest BCUT2D eigenvalue weighted by atomic mass is 10.1. The standard InChI is InChI=1S/C20H23FN4O14/c1-6-3-25(18(33)22-13(6)29)15-12(28)20(35,9(5-26)36-15)39-19(34)38-16(31)11-8(27)2-10(37-11)24-4-7(21)14(30)23-17(24)32/h3-4,8-12,15-16,26-28,31,35H,2,5H2,1H3,(H,22,29,33)(H,23,30,32)/t8?,9-,10+,11-,12?,15-,16?,20?/m1/s1. The van der Waals surface area contributed by atoms with Crippen LogP contribution in [0.15, 0.2) is 31.6 Å². The topological polar surface area (TPSA) is 265 Å². The molecule has 19 heteroatoms. The lowest BCUT2D eigenvalue weighted by molar-refractivity contribution is -0.256. The van der Waals surface area contributed by atoms with Gasteiger partial charge in [-0.2, -0.15) is 4.39 Å². The van der Waals surface area contributed by atoms with Gasteiger partial charge in [0, 0.05) is 18.2 Å². The van der Waals surface area contributed by atoms with Gasteiger partial charge in [-0.25, -0.2) is 14.4 Å². The Kier molecular flexibility index (Phi) is 7.58. The van der Waals surface area contributed by atoms with Crippen molar-refractivity contribution in [3.05, 3.63) is 65.5 Å². The Labute approximate surface area is 214 Å². The molecule has 18 nitrogen and oxygen atoms in total. The maximum absolute atomic E-state index is 13.6. The van der Waals surface area contributed by atoms with E-state index in [2.05, 4.69) is 4.74 Å². The van der Waals surface area contributed by atoms with Crippen LogP contribution in [0.3, 0.4) is 0 Å². The molecule has 39 heavy (non-hydrogen) atoms. The van der Waals surface area contributed by atoms with Crippen LogP contribution in [0.25, 0.3) is 0 Å². The smallest absolute Gasteiger partial charge is 0.401 e. The first-order valence-corrected chi connectivity index (χ1v) is 11.2. The predicted octanol–water partition coefficient (Wildman–Crippen LogP) is -4.41. The van der Waals surface area contributed by atoms with Gasteiger partial charge in [0.2, 0.25) is 12.1 Å². The number of nitrogens with zero attached hydrogens (tertiary/aromatic N) is 2. The van der Waals surface area contributed by atoms with E-state index in [0.717, 1.165) is 6.20 Å². The molecule has 0 aromatic carbocycles. The van der Waals surface area contributed by atoms with Crippen LogP contribution in [0.5, 0.6) is 0 Å². The molecule has 0 bridgehead atoms. The maximum Gasteiger partial charge on any atom is 0.513 e. The molecule has 2 saturated heterocycles. The van der Waals surface area contributed by atoms with Crippen LogP contribution in [0.4, 0.5) is 9.18 Å². The molecule has 4 rings (SSSR count). The van der Waals surface area contributed by atoms with E-state index >= 15 is 0 Å². The summed E-state index contributed by atoms with van der Waals surface area (Å²) in [5.74, 6) is -4.38. The number of nitrogens with one attached hydrogen (secondary N) is 2. The third-order valence-corrected chi connectivity index (χ3v) is 6.16. The zero-order chi connectivity index (χ0) is 28.8. The van der Waals surface area contributed by atoms with Gasteiger partial charge < -0.3 is 44.5 Å². The molecule has 0 saturated carbocycles. The summed E-state index contributed by atoms with van der Waals surface area (Å²) in [5.41, 5.74) is -4.16. The van der Waals surface area contributed by atoms with Gasteiger partial charge in [0.1, 0.15) is 12.3 Å². The van der Waals surface area contributed by atoms with Crippen LogP contribution in [-0.2, 0) is 18.9 Å². The van der Waals surface area contributed by atoms with Crippen LogP contribution in [0.1, 0.15) is 24.4 Å². The Morgan fingerprint density at radius 2 is 1.79 bits per heavy atom. The molecule has 0 aliphatic carbocycles. The van der Waals surface area contributed by atoms with Gasteiger partial charge in [-0.15, -0.1) is 0 Å². The highest BCUT2D eigenvalue weighted by molar-refractivity contribution is 5.61. The second kappa shape index (κ2) is 10.4. The van der Waals surface area contributed by atoms with Gasteiger partial charge in [-0.1, -0.05) is 0 Å². The highest BCUT2D eigenvalue weighted by Crippen LogP contribution is 2.38. The van der Waals surface area contributed by atoms with Crippen molar-refractivity contribution in [1.82, 2.24) is 19.1 Å². The van der Waals surface area contributed by atoms with E-state index < -0.39 is 96.4 Å². The fourth-order valence-corrected chi connectivity index (χ4v) is 4.13. The number of hydrogen-bond acceptors (Lipinski definition) is 14. The molecule has 4 heterocycles. The van der Waals surface area contributed by atoms with E-state index in [9.17, 15) is 53.9 Å². The molecule has 2 aromatic rings. The first-order chi connectivity index (χ1) is 18.3. The number of H-pyrrole nitrogens is 2. The lowest BCUT2D eigenvalue weighted by Crippen LogP contribution is -2.53. The number of halogens is 1. The van der Waals surface area contributed by atoms with E-state index in [-0.39, 0.29) is 5.56 Å². The Bertz CT molecular complexity index is 1480. The van der Waals surface area contributed by atoms with E-state index in [1.807, 2.05) is 4.98 Å². The third-order valence-electron chi connectivity index (χ3n) is 6.16. The molecular formula is C20H23FN4O14. The average Bonchev–Trinajstić information content (AvgIpc) is 3.35. The van der Waals surface area contributed by atoms with Crippen LogP contribution in [0, 0.1) is 12.7 Å². The summed E-state index contributed by atoms with van der Waals surface area (Å²) < 4.78 is 34.7. The molecule has 0 amide bonds. The number of carbonyl (C=O) groups excluding carboxylic acids is 1. The normalized spacial score (nSPS) is 31.3. The van der Waals surface area contributed by atoms with Crippen molar-refractivity contribution in [2.45, 2.75) is 62.3 Å². The van der Waals surface area contributed by atoms with E-state index in [4.69, 9.17) is 14.2 Å². The zero-order valence-corrected chi connectivity index (χ0v) is 19.8. The van der Waals surface area contributed by atoms with Crippen LogP contribution < -0.4 is 22.5 Å². The number of carbonyl (C=O) groups is 1. The minimum absolute atomic E-state index is 0.0186. The molecule has 2 aliphatic rings. The van der Waals surface area contributed by atoms with Gasteiger partial charge in [-0.3, -0.25) is 28.7 Å². The summed E-state index contributed by atoms with van der Waals surface area (Å²) in [6, 6.07) is 0. The number of aryl methyl sites for hydroxylation is 1. The second-order valence-corrected chi connectivity index (χ2v) is 8.74.